The van der Waals surface area contributed by atoms with Gasteiger partial charge in [-0.2, -0.15) is 0 Å². The first kappa shape index (κ1) is 18.7. The molecule has 2 rings (SSSR count). The van der Waals surface area contributed by atoms with Crippen molar-refractivity contribution in [3.05, 3.63) is 43.0 Å². The van der Waals surface area contributed by atoms with Crippen molar-refractivity contribution in [2.75, 3.05) is 32.1 Å². The summed E-state index contributed by atoms with van der Waals surface area (Å²) in [6.07, 6.45) is 3.56. The van der Waals surface area contributed by atoms with Gasteiger partial charge < -0.3 is 9.64 Å². The van der Waals surface area contributed by atoms with Crippen LogP contribution in [0.5, 0.6) is 0 Å². The van der Waals surface area contributed by atoms with E-state index in [4.69, 9.17) is 4.74 Å². The Hall–Kier alpha value is -1.66. The number of sulfone groups is 1. The first-order chi connectivity index (χ1) is 11.5. The third kappa shape index (κ3) is 5.46. The number of carbonyl (C=O) groups excluding carboxylic acids is 1. The van der Waals surface area contributed by atoms with Gasteiger partial charge in [0.2, 0.25) is 5.91 Å². The Kier molecular flexibility index (Phi) is 6.99. The average molecular weight is 351 g/mol. The van der Waals surface area contributed by atoms with E-state index in [0.29, 0.717) is 32.2 Å². The predicted molar refractivity (Wildman–Crippen MR) is 93.4 cm³/mol. The molecule has 1 aliphatic heterocycles. The maximum absolute atomic E-state index is 12.3. The molecule has 24 heavy (non-hydrogen) atoms. The van der Waals surface area contributed by atoms with Gasteiger partial charge >= 0.3 is 0 Å². The quantitative estimate of drug-likeness (QED) is 0.532. The second-order valence-corrected chi connectivity index (χ2v) is 8.14. The van der Waals surface area contributed by atoms with Gasteiger partial charge in [-0.05, 0) is 30.9 Å². The number of ether oxygens (including phenoxy) is 1. The van der Waals surface area contributed by atoms with E-state index in [1.54, 1.807) is 41.3 Å². The Labute approximate surface area is 144 Å². The average Bonchev–Trinajstić information content (AvgIpc) is 2.61. The molecular weight excluding hydrogens is 326 g/mol. The molecule has 132 valence electrons. The molecule has 1 aromatic rings. The fraction of sp³-hybridized carbons (Fsp3) is 0.500. The van der Waals surface area contributed by atoms with E-state index in [1.165, 1.54) is 0 Å². The van der Waals surface area contributed by atoms with E-state index >= 15 is 0 Å². The van der Waals surface area contributed by atoms with Crippen LogP contribution in [0.4, 0.5) is 0 Å². The Morgan fingerprint density at radius 3 is 2.54 bits per heavy atom. The van der Waals surface area contributed by atoms with Crippen LogP contribution in [0.3, 0.4) is 0 Å². The van der Waals surface area contributed by atoms with E-state index in [-0.39, 0.29) is 23.0 Å². The molecule has 1 fully saturated rings. The fourth-order valence-corrected chi connectivity index (χ4v) is 4.04. The molecule has 1 saturated heterocycles. The zero-order valence-electron chi connectivity index (χ0n) is 13.9. The van der Waals surface area contributed by atoms with Gasteiger partial charge in [-0.25, -0.2) is 8.42 Å². The molecule has 5 nitrogen and oxygen atoms in total. The van der Waals surface area contributed by atoms with Crippen molar-refractivity contribution in [3.63, 3.8) is 0 Å². The summed E-state index contributed by atoms with van der Waals surface area (Å²) in [6, 6.07) is 8.28. The first-order valence-corrected chi connectivity index (χ1v) is 9.92. The van der Waals surface area contributed by atoms with Crippen molar-refractivity contribution in [1.29, 1.82) is 0 Å². The minimum Gasteiger partial charge on any atom is -0.377 e. The molecule has 0 aromatic heterocycles. The summed E-state index contributed by atoms with van der Waals surface area (Å²) in [5, 5.41) is 0. The van der Waals surface area contributed by atoms with Gasteiger partial charge in [0.15, 0.2) is 9.84 Å². The van der Waals surface area contributed by atoms with Crippen LogP contribution in [-0.4, -0.2) is 51.3 Å². The highest BCUT2D eigenvalue weighted by molar-refractivity contribution is 7.91. The van der Waals surface area contributed by atoms with Gasteiger partial charge in [-0.1, -0.05) is 24.3 Å². The number of benzene rings is 1. The Balaban J connectivity index is 1.77. The first-order valence-electron chi connectivity index (χ1n) is 8.27. The molecule has 0 spiro atoms. The van der Waals surface area contributed by atoms with Gasteiger partial charge in [0.05, 0.1) is 17.3 Å². The normalized spacial score (nSPS) is 16.1. The maximum Gasteiger partial charge on any atom is 0.223 e. The largest absolute Gasteiger partial charge is 0.377 e. The van der Waals surface area contributed by atoms with Crippen molar-refractivity contribution in [2.45, 2.75) is 24.2 Å². The number of carbonyl (C=O) groups is 1. The van der Waals surface area contributed by atoms with Gasteiger partial charge in [0.25, 0.3) is 0 Å². The lowest BCUT2D eigenvalue weighted by atomic mass is 9.97. The van der Waals surface area contributed by atoms with E-state index < -0.39 is 9.84 Å². The minimum absolute atomic E-state index is 0.0366. The SMILES string of the molecule is C=CCOCC1CCN(C(=O)CCS(=O)(=O)c2ccccc2)CC1. The standard InChI is InChI=1S/C18H25NO4S/c1-2-13-23-15-16-8-11-19(12-9-16)18(20)10-14-24(21,22)17-6-4-3-5-7-17/h2-7,16H,1,8-15H2. The number of hydrogen-bond donors (Lipinski definition) is 0. The van der Waals surface area contributed by atoms with Crippen LogP contribution in [0.25, 0.3) is 0 Å². The van der Waals surface area contributed by atoms with Crippen molar-refractivity contribution in [2.24, 2.45) is 5.92 Å². The molecule has 1 aromatic carbocycles. The second kappa shape index (κ2) is 8.99. The number of rotatable bonds is 8. The maximum atomic E-state index is 12.3. The van der Waals surface area contributed by atoms with E-state index in [2.05, 4.69) is 6.58 Å². The molecule has 1 aliphatic rings. The zero-order chi connectivity index (χ0) is 17.4. The summed E-state index contributed by atoms with van der Waals surface area (Å²) in [4.78, 5) is 14.3. The number of piperidine rings is 1. The third-order valence-corrected chi connectivity index (χ3v) is 5.98. The van der Waals surface area contributed by atoms with Gasteiger partial charge in [0.1, 0.15) is 0 Å². The third-order valence-electron chi connectivity index (χ3n) is 4.24. The van der Waals surface area contributed by atoms with Crippen LogP contribution >= 0.6 is 0 Å². The lowest BCUT2D eigenvalue weighted by Gasteiger charge is -2.31. The van der Waals surface area contributed by atoms with Crippen LogP contribution < -0.4 is 0 Å². The molecular formula is C18H25NO4S. The summed E-state index contributed by atoms with van der Waals surface area (Å²) in [5.74, 6) is 0.236. The smallest absolute Gasteiger partial charge is 0.223 e. The summed E-state index contributed by atoms with van der Waals surface area (Å²) < 4.78 is 29.9. The van der Waals surface area contributed by atoms with Crippen LogP contribution in [0.1, 0.15) is 19.3 Å². The molecule has 0 aliphatic carbocycles. The van der Waals surface area contributed by atoms with E-state index in [1.807, 2.05) is 0 Å². The van der Waals surface area contributed by atoms with Crippen molar-refractivity contribution < 1.29 is 17.9 Å². The van der Waals surface area contributed by atoms with Crippen molar-refractivity contribution >= 4 is 15.7 Å². The van der Waals surface area contributed by atoms with Crippen LogP contribution in [0, 0.1) is 5.92 Å². The molecule has 1 heterocycles. The van der Waals surface area contributed by atoms with Gasteiger partial charge in [-0.3, -0.25) is 4.79 Å². The monoisotopic (exact) mass is 351 g/mol. The van der Waals surface area contributed by atoms with Crippen LogP contribution in [0.15, 0.2) is 47.9 Å². The molecule has 0 radical (unpaired) electrons. The summed E-state index contributed by atoms with van der Waals surface area (Å²) in [5.41, 5.74) is 0. The number of amides is 1. The lowest BCUT2D eigenvalue weighted by molar-refractivity contribution is -0.132. The van der Waals surface area contributed by atoms with Crippen LogP contribution in [-0.2, 0) is 19.4 Å². The van der Waals surface area contributed by atoms with Crippen LogP contribution in [0.2, 0.25) is 0 Å². The highest BCUT2D eigenvalue weighted by atomic mass is 32.2. The second-order valence-electron chi connectivity index (χ2n) is 6.03. The predicted octanol–water partition coefficient (Wildman–Crippen LogP) is 2.29. The Morgan fingerprint density at radius 1 is 1.25 bits per heavy atom. The minimum atomic E-state index is -3.40. The number of nitrogens with zero attached hydrogens (tertiary/aromatic N) is 1. The molecule has 0 bridgehead atoms. The fourth-order valence-electron chi connectivity index (χ4n) is 2.79. The lowest BCUT2D eigenvalue weighted by Crippen LogP contribution is -2.40. The molecule has 0 unspecified atom stereocenters. The number of hydrogen-bond acceptors (Lipinski definition) is 4. The Bertz CT molecular complexity index is 634. The number of likely N-dealkylation sites (tertiary alicyclic amines) is 1. The highest BCUT2D eigenvalue weighted by Crippen LogP contribution is 2.19. The summed E-state index contributed by atoms with van der Waals surface area (Å²) >= 11 is 0. The Morgan fingerprint density at radius 2 is 1.92 bits per heavy atom. The van der Waals surface area contributed by atoms with Gasteiger partial charge in [-0.15, -0.1) is 6.58 Å². The van der Waals surface area contributed by atoms with E-state index in [9.17, 15) is 13.2 Å². The molecule has 0 N–H and O–H groups in total. The van der Waals surface area contributed by atoms with Gasteiger partial charge in [0, 0.05) is 26.1 Å². The topological polar surface area (TPSA) is 63.7 Å². The summed E-state index contributed by atoms with van der Waals surface area (Å²) in [6.45, 7) is 6.20. The van der Waals surface area contributed by atoms with Crippen molar-refractivity contribution in [1.82, 2.24) is 4.90 Å². The highest BCUT2D eigenvalue weighted by Gasteiger charge is 2.24. The van der Waals surface area contributed by atoms with Crippen molar-refractivity contribution in [3.8, 4) is 0 Å². The summed E-state index contributed by atoms with van der Waals surface area (Å²) in [7, 11) is -3.40. The molecule has 0 saturated carbocycles. The molecule has 0 atom stereocenters. The molecule has 1 amide bonds. The zero-order valence-corrected chi connectivity index (χ0v) is 14.7. The van der Waals surface area contributed by atoms with E-state index in [0.717, 1.165) is 12.8 Å². The molecule has 6 heteroatoms.